The molecule has 0 saturated heterocycles. The Labute approximate surface area is 212 Å². The number of nitrogens with one attached hydrogen (secondary N) is 1. The number of thioether (sulfide) groups is 1. The fourth-order valence-electron chi connectivity index (χ4n) is 4.63. The van der Waals surface area contributed by atoms with E-state index in [9.17, 15) is 19.7 Å². The summed E-state index contributed by atoms with van der Waals surface area (Å²) in [5.74, 6) is -0.155. The number of nitrogens with zero attached hydrogens (tertiary/aromatic N) is 1. The number of carbonyl (C=O) groups is 2. The lowest BCUT2D eigenvalue weighted by atomic mass is 9.74. The molecule has 5 rings (SSSR count). The molecule has 0 aromatic heterocycles. The number of esters is 1. The predicted octanol–water partition coefficient (Wildman–Crippen LogP) is 6.72. The van der Waals surface area contributed by atoms with E-state index >= 15 is 0 Å². The Balaban J connectivity index is 1.48. The molecular formula is C28H24N2O5S. The predicted molar refractivity (Wildman–Crippen MR) is 138 cm³/mol. The maximum Gasteiger partial charge on any atom is 0.343 e. The number of para-hydroxylation sites is 1. The zero-order valence-electron chi connectivity index (χ0n) is 19.8. The normalized spacial score (nSPS) is 18.4. The van der Waals surface area contributed by atoms with Crippen molar-refractivity contribution in [2.45, 2.75) is 36.8 Å². The van der Waals surface area contributed by atoms with Gasteiger partial charge in [0, 0.05) is 34.7 Å². The smallest absolute Gasteiger partial charge is 0.343 e. The molecule has 0 amide bonds. The van der Waals surface area contributed by atoms with Crippen molar-refractivity contribution in [2.75, 3.05) is 5.32 Å². The van der Waals surface area contributed by atoms with Crippen molar-refractivity contribution in [3.05, 3.63) is 105 Å². The molecule has 3 aromatic carbocycles. The summed E-state index contributed by atoms with van der Waals surface area (Å²) in [4.78, 5) is 37.5. The van der Waals surface area contributed by atoms with Gasteiger partial charge in [0.2, 0.25) is 0 Å². The third-order valence-electron chi connectivity index (χ3n) is 6.28. The molecule has 36 heavy (non-hydrogen) atoms. The number of ketones is 1. The molecule has 0 radical (unpaired) electrons. The number of hydrogen-bond donors (Lipinski definition) is 1. The Bertz CT molecular complexity index is 1410. The second-order valence-corrected chi connectivity index (χ2v) is 10.9. The molecule has 7 nitrogen and oxygen atoms in total. The monoisotopic (exact) mass is 500 g/mol. The van der Waals surface area contributed by atoms with Crippen LogP contribution in [-0.4, -0.2) is 16.7 Å². The number of nitro groups is 1. The van der Waals surface area contributed by atoms with Gasteiger partial charge in [0.15, 0.2) is 5.78 Å². The number of rotatable bonds is 4. The van der Waals surface area contributed by atoms with Crippen molar-refractivity contribution in [3.8, 4) is 5.75 Å². The van der Waals surface area contributed by atoms with Crippen LogP contribution >= 0.6 is 11.8 Å². The van der Waals surface area contributed by atoms with Crippen molar-refractivity contribution in [1.82, 2.24) is 0 Å². The Morgan fingerprint density at radius 3 is 2.56 bits per heavy atom. The van der Waals surface area contributed by atoms with E-state index in [1.807, 2.05) is 30.3 Å². The first-order valence-corrected chi connectivity index (χ1v) is 12.4. The van der Waals surface area contributed by atoms with Gasteiger partial charge in [-0.15, -0.1) is 11.8 Å². The van der Waals surface area contributed by atoms with Gasteiger partial charge in [0.25, 0.3) is 5.69 Å². The molecule has 8 heteroatoms. The number of anilines is 1. The minimum absolute atomic E-state index is 0.0998. The molecule has 182 valence electrons. The van der Waals surface area contributed by atoms with E-state index in [0.717, 1.165) is 33.8 Å². The van der Waals surface area contributed by atoms with Gasteiger partial charge in [-0.1, -0.05) is 38.1 Å². The van der Waals surface area contributed by atoms with E-state index in [4.69, 9.17) is 4.74 Å². The Morgan fingerprint density at radius 1 is 1.06 bits per heavy atom. The summed E-state index contributed by atoms with van der Waals surface area (Å²) in [5, 5.41) is 14.1. The van der Waals surface area contributed by atoms with Crippen LogP contribution in [0.15, 0.2) is 89.0 Å². The van der Waals surface area contributed by atoms with Crippen LogP contribution in [0.3, 0.4) is 0 Å². The fourth-order valence-corrected chi connectivity index (χ4v) is 5.96. The van der Waals surface area contributed by atoms with Gasteiger partial charge in [-0.25, -0.2) is 4.79 Å². The molecule has 1 atom stereocenters. The summed E-state index contributed by atoms with van der Waals surface area (Å²) < 4.78 is 5.59. The van der Waals surface area contributed by atoms with Gasteiger partial charge in [-0.2, -0.15) is 0 Å². The standard InChI is InChI=1S/C28H24N2O5S/c1-28(2)15-22-25(23(31)16-28)26(36-24-9-4-3-8-21(24)29-22)18-6-5-7-20(14-18)35-27(32)17-10-12-19(13-11-17)30(33)34/h3-14,26,29H,15-16H2,1-2H3/t26-/m0/s1. The first-order chi connectivity index (χ1) is 17.2. The first kappa shape index (κ1) is 23.8. The zero-order chi connectivity index (χ0) is 25.4. The number of benzene rings is 3. The number of hydrogen-bond acceptors (Lipinski definition) is 7. The first-order valence-electron chi connectivity index (χ1n) is 11.6. The van der Waals surface area contributed by atoms with Gasteiger partial charge >= 0.3 is 5.97 Å². The largest absolute Gasteiger partial charge is 0.423 e. The van der Waals surface area contributed by atoms with Crippen LogP contribution in [-0.2, 0) is 4.79 Å². The minimum Gasteiger partial charge on any atom is -0.423 e. The van der Waals surface area contributed by atoms with Crippen LogP contribution in [0.25, 0.3) is 0 Å². The average Bonchev–Trinajstić information content (AvgIpc) is 3.00. The Hall–Kier alpha value is -3.91. The van der Waals surface area contributed by atoms with Gasteiger partial charge in [0.05, 0.1) is 21.4 Å². The third kappa shape index (κ3) is 4.77. The van der Waals surface area contributed by atoms with Gasteiger partial charge in [-0.05, 0) is 53.8 Å². The second kappa shape index (κ2) is 9.28. The van der Waals surface area contributed by atoms with Crippen molar-refractivity contribution in [2.24, 2.45) is 5.41 Å². The maximum absolute atomic E-state index is 13.4. The minimum atomic E-state index is -0.613. The molecule has 2 aliphatic rings. The van der Waals surface area contributed by atoms with Gasteiger partial charge < -0.3 is 10.1 Å². The summed E-state index contributed by atoms with van der Waals surface area (Å²) in [6.45, 7) is 4.21. The number of nitro benzene ring substituents is 1. The molecule has 0 bridgehead atoms. The summed E-state index contributed by atoms with van der Waals surface area (Å²) in [7, 11) is 0. The highest BCUT2D eigenvalue weighted by molar-refractivity contribution is 8.00. The highest BCUT2D eigenvalue weighted by atomic mass is 32.2. The van der Waals surface area contributed by atoms with Crippen LogP contribution in [0.5, 0.6) is 5.75 Å². The molecule has 1 aliphatic carbocycles. The van der Waals surface area contributed by atoms with Crippen molar-refractivity contribution in [3.63, 3.8) is 0 Å². The summed E-state index contributed by atoms with van der Waals surface area (Å²) in [6.07, 6.45) is 1.23. The molecule has 0 spiro atoms. The lowest BCUT2D eigenvalue weighted by Gasteiger charge is -2.34. The number of allylic oxidation sites excluding steroid dienone is 1. The highest BCUT2D eigenvalue weighted by Gasteiger charge is 2.39. The van der Waals surface area contributed by atoms with Crippen LogP contribution in [0.4, 0.5) is 11.4 Å². The molecule has 0 saturated carbocycles. The highest BCUT2D eigenvalue weighted by Crippen LogP contribution is 2.52. The average molecular weight is 501 g/mol. The zero-order valence-corrected chi connectivity index (χ0v) is 20.6. The number of non-ortho nitro benzene ring substituents is 1. The second-order valence-electron chi connectivity index (χ2n) is 9.72. The summed E-state index contributed by atoms with van der Waals surface area (Å²) in [6, 6.07) is 20.5. The van der Waals surface area contributed by atoms with Gasteiger partial charge in [0.1, 0.15) is 5.75 Å². The lowest BCUT2D eigenvalue weighted by Crippen LogP contribution is -2.29. The molecule has 1 N–H and O–H groups in total. The molecule has 1 heterocycles. The molecule has 3 aromatic rings. The lowest BCUT2D eigenvalue weighted by molar-refractivity contribution is -0.384. The van der Waals surface area contributed by atoms with E-state index in [2.05, 4.69) is 19.2 Å². The van der Waals surface area contributed by atoms with E-state index in [-0.39, 0.29) is 27.7 Å². The van der Waals surface area contributed by atoms with Crippen molar-refractivity contribution >= 4 is 34.9 Å². The van der Waals surface area contributed by atoms with E-state index < -0.39 is 10.9 Å². The maximum atomic E-state index is 13.4. The van der Waals surface area contributed by atoms with E-state index in [0.29, 0.717) is 12.2 Å². The van der Waals surface area contributed by atoms with Crippen LogP contribution in [0.1, 0.15) is 47.9 Å². The Morgan fingerprint density at radius 2 is 1.81 bits per heavy atom. The van der Waals surface area contributed by atoms with Crippen LogP contribution < -0.4 is 10.1 Å². The van der Waals surface area contributed by atoms with E-state index in [1.165, 1.54) is 24.3 Å². The third-order valence-corrected chi connectivity index (χ3v) is 7.64. The molecule has 1 aliphatic heterocycles. The fraction of sp³-hybridized carbons (Fsp3) is 0.214. The Kier molecular flexibility index (Phi) is 6.14. The van der Waals surface area contributed by atoms with Gasteiger partial charge in [-0.3, -0.25) is 14.9 Å². The summed E-state index contributed by atoms with van der Waals surface area (Å²) in [5.41, 5.74) is 3.50. The number of ether oxygens (including phenoxy) is 1. The molecule has 0 unspecified atom stereocenters. The number of carbonyl (C=O) groups excluding carboxylic acids is 2. The number of fused-ring (bicyclic) bond motifs is 1. The molecule has 0 fully saturated rings. The van der Waals surface area contributed by atoms with E-state index in [1.54, 1.807) is 30.0 Å². The SMILES string of the molecule is CC1(C)CC(=O)C2=C(C1)Nc1ccccc1S[C@H]2c1cccc(OC(=O)c2ccc([N+](=O)[O-])cc2)c1. The quantitative estimate of drug-likeness (QED) is 0.184. The molecular weight excluding hydrogens is 476 g/mol. The topological polar surface area (TPSA) is 98.5 Å². The number of Topliss-reactive ketones (excluding diaryl/α,β-unsaturated/α-hetero) is 1. The van der Waals surface area contributed by atoms with Crippen LogP contribution in [0, 0.1) is 15.5 Å². The summed E-state index contributed by atoms with van der Waals surface area (Å²) >= 11 is 1.60. The van der Waals surface area contributed by atoms with Crippen LogP contribution in [0.2, 0.25) is 0 Å². The van der Waals surface area contributed by atoms with Crippen molar-refractivity contribution < 1.29 is 19.2 Å². The van der Waals surface area contributed by atoms with Crippen molar-refractivity contribution in [1.29, 1.82) is 0 Å².